The molecule has 1 aromatic carbocycles. The van der Waals surface area contributed by atoms with Crippen LogP contribution in [-0.2, 0) is 10.2 Å². The van der Waals surface area contributed by atoms with Crippen LogP contribution in [0.3, 0.4) is 0 Å². The molecule has 0 bridgehead atoms. The Morgan fingerprint density at radius 2 is 1.77 bits per heavy atom. The van der Waals surface area contributed by atoms with Gasteiger partial charge in [0.25, 0.3) is 0 Å². The van der Waals surface area contributed by atoms with Crippen molar-refractivity contribution in [2.24, 2.45) is 4.99 Å². The Morgan fingerprint density at radius 3 is 2.27 bits per heavy atom. The van der Waals surface area contributed by atoms with Crippen LogP contribution < -0.4 is 5.32 Å². The van der Waals surface area contributed by atoms with E-state index in [0.29, 0.717) is 6.54 Å². The SMILES string of the molecule is CCNC(=NCC1(c2ccccc2)CC1)N(C)CC(=O)N(CC)CC.I. The largest absolute Gasteiger partial charge is 0.357 e. The second kappa shape index (κ2) is 10.7. The summed E-state index contributed by atoms with van der Waals surface area (Å²) < 4.78 is 0. The second-order valence-electron chi connectivity index (χ2n) is 6.74. The predicted octanol–water partition coefficient (Wildman–Crippen LogP) is 3.10. The zero-order valence-corrected chi connectivity index (χ0v) is 18.8. The number of rotatable bonds is 8. The van der Waals surface area contributed by atoms with Crippen molar-refractivity contribution in [2.75, 3.05) is 39.8 Å². The summed E-state index contributed by atoms with van der Waals surface area (Å²) in [6.07, 6.45) is 2.37. The third-order valence-electron chi connectivity index (χ3n) is 4.96. The van der Waals surface area contributed by atoms with E-state index in [1.165, 1.54) is 18.4 Å². The zero-order chi connectivity index (χ0) is 18.3. The summed E-state index contributed by atoms with van der Waals surface area (Å²) in [6.45, 7) is 9.48. The summed E-state index contributed by atoms with van der Waals surface area (Å²) >= 11 is 0. The van der Waals surface area contributed by atoms with Gasteiger partial charge in [-0.2, -0.15) is 0 Å². The first-order valence-corrected chi connectivity index (χ1v) is 9.39. The molecule has 146 valence electrons. The van der Waals surface area contributed by atoms with Crippen LogP contribution in [0.4, 0.5) is 0 Å². The summed E-state index contributed by atoms with van der Waals surface area (Å²) in [5.41, 5.74) is 1.56. The van der Waals surface area contributed by atoms with Gasteiger partial charge in [0.05, 0.1) is 13.1 Å². The molecule has 1 amide bonds. The van der Waals surface area contributed by atoms with Gasteiger partial charge in [-0.05, 0) is 39.2 Å². The first-order chi connectivity index (χ1) is 12.1. The van der Waals surface area contributed by atoms with Crippen LogP contribution in [0.2, 0.25) is 0 Å². The van der Waals surface area contributed by atoms with Crippen LogP contribution in [0.15, 0.2) is 35.3 Å². The lowest BCUT2D eigenvalue weighted by Crippen LogP contribution is -2.46. The van der Waals surface area contributed by atoms with Crippen LogP contribution in [0.25, 0.3) is 0 Å². The minimum absolute atomic E-state index is 0. The molecule has 0 aromatic heterocycles. The quantitative estimate of drug-likeness (QED) is 0.360. The maximum Gasteiger partial charge on any atom is 0.242 e. The second-order valence-corrected chi connectivity index (χ2v) is 6.74. The third-order valence-corrected chi connectivity index (χ3v) is 4.96. The monoisotopic (exact) mass is 472 g/mol. The van der Waals surface area contributed by atoms with Gasteiger partial charge in [-0.25, -0.2) is 0 Å². The number of benzene rings is 1. The van der Waals surface area contributed by atoms with Crippen LogP contribution in [0.5, 0.6) is 0 Å². The lowest BCUT2D eigenvalue weighted by molar-refractivity contribution is -0.131. The van der Waals surface area contributed by atoms with Gasteiger partial charge in [0.15, 0.2) is 5.96 Å². The van der Waals surface area contributed by atoms with Crippen molar-refractivity contribution in [3.8, 4) is 0 Å². The maximum absolute atomic E-state index is 12.4. The highest BCUT2D eigenvalue weighted by molar-refractivity contribution is 14.0. The Hall–Kier alpha value is -1.31. The molecule has 1 saturated carbocycles. The van der Waals surface area contributed by atoms with E-state index in [9.17, 15) is 4.79 Å². The van der Waals surface area contributed by atoms with E-state index in [4.69, 9.17) is 4.99 Å². The van der Waals surface area contributed by atoms with Crippen LogP contribution in [-0.4, -0.2) is 61.4 Å². The Balaban J connectivity index is 0.00000338. The van der Waals surface area contributed by atoms with Gasteiger partial charge in [-0.3, -0.25) is 9.79 Å². The molecule has 0 radical (unpaired) electrons. The number of likely N-dealkylation sites (N-methyl/N-ethyl adjacent to an activating group) is 2. The zero-order valence-electron chi connectivity index (χ0n) is 16.5. The number of nitrogens with one attached hydrogen (secondary N) is 1. The summed E-state index contributed by atoms with van der Waals surface area (Å²) in [7, 11) is 1.94. The third kappa shape index (κ3) is 5.86. The Morgan fingerprint density at radius 1 is 1.15 bits per heavy atom. The maximum atomic E-state index is 12.4. The van der Waals surface area contributed by atoms with E-state index in [1.54, 1.807) is 0 Å². The normalized spacial score (nSPS) is 15.0. The van der Waals surface area contributed by atoms with Crippen molar-refractivity contribution in [1.82, 2.24) is 15.1 Å². The molecule has 1 aliphatic carbocycles. The number of hydrogen-bond acceptors (Lipinski definition) is 2. The molecule has 6 heteroatoms. The topological polar surface area (TPSA) is 47.9 Å². The molecule has 26 heavy (non-hydrogen) atoms. The molecule has 0 spiro atoms. The van der Waals surface area contributed by atoms with Gasteiger partial charge < -0.3 is 15.1 Å². The Labute approximate surface area is 175 Å². The molecule has 1 fully saturated rings. The van der Waals surface area contributed by atoms with Crippen LogP contribution in [0.1, 0.15) is 39.2 Å². The summed E-state index contributed by atoms with van der Waals surface area (Å²) in [5.74, 6) is 0.951. The molecular weight excluding hydrogens is 439 g/mol. The van der Waals surface area contributed by atoms with Crippen molar-refractivity contribution < 1.29 is 4.79 Å². The first kappa shape index (κ1) is 22.7. The van der Waals surface area contributed by atoms with Gasteiger partial charge in [-0.1, -0.05) is 30.3 Å². The molecule has 0 unspecified atom stereocenters. The van der Waals surface area contributed by atoms with E-state index in [1.807, 2.05) is 30.7 Å². The van der Waals surface area contributed by atoms with E-state index < -0.39 is 0 Å². The van der Waals surface area contributed by atoms with E-state index in [0.717, 1.165) is 32.1 Å². The van der Waals surface area contributed by atoms with E-state index >= 15 is 0 Å². The van der Waals surface area contributed by atoms with Gasteiger partial charge in [0, 0.05) is 32.1 Å². The number of carbonyl (C=O) groups excluding carboxylic acids is 1. The van der Waals surface area contributed by atoms with E-state index in [-0.39, 0.29) is 35.3 Å². The number of hydrogen-bond donors (Lipinski definition) is 1. The molecular formula is C20H33IN4O. The average molecular weight is 472 g/mol. The van der Waals surface area contributed by atoms with Crippen molar-refractivity contribution >= 4 is 35.8 Å². The van der Waals surface area contributed by atoms with Crippen molar-refractivity contribution in [3.63, 3.8) is 0 Å². The predicted molar refractivity (Wildman–Crippen MR) is 119 cm³/mol. The molecule has 0 atom stereocenters. The summed E-state index contributed by atoms with van der Waals surface area (Å²) in [6, 6.07) is 10.6. The smallest absolute Gasteiger partial charge is 0.242 e. The molecule has 1 N–H and O–H groups in total. The van der Waals surface area contributed by atoms with Crippen LogP contribution >= 0.6 is 24.0 Å². The van der Waals surface area contributed by atoms with Crippen LogP contribution in [0, 0.1) is 0 Å². The standard InChI is InChI=1S/C20H32N4O.HI/c1-5-21-19(23(4)15-18(25)24(6-2)7-3)22-16-20(13-14-20)17-11-9-8-10-12-17;/h8-12H,5-7,13-16H2,1-4H3,(H,21,22);1H. The molecule has 2 rings (SSSR count). The highest BCUT2D eigenvalue weighted by atomic mass is 127. The highest BCUT2D eigenvalue weighted by Crippen LogP contribution is 2.48. The summed E-state index contributed by atoms with van der Waals surface area (Å²) in [4.78, 5) is 21.0. The number of amides is 1. The number of halogens is 1. The van der Waals surface area contributed by atoms with Crippen molar-refractivity contribution in [1.29, 1.82) is 0 Å². The van der Waals surface area contributed by atoms with Crippen molar-refractivity contribution in [3.05, 3.63) is 35.9 Å². The number of aliphatic imine (C=N–C) groups is 1. The fraction of sp³-hybridized carbons (Fsp3) is 0.600. The molecule has 1 aliphatic rings. The van der Waals surface area contributed by atoms with E-state index in [2.05, 4.69) is 42.6 Å². The fourth-order valence-electron chi connectivity index (χ4n) is 3.13. The number of carbonyl (C=O) groups is 1. The lowest BCUT2D eigenvalue weighted by Gasteiger charge is -2.26. The molecule has 1 aromatic rings. The highest BCUT2D eigenvalue weighted by Gasteiger charge is 2.44. The molecule has 0 saturated heterocycles. The molecule has 0 aliphatic heterocycles. The summed E-state index contributed by atoms with van der Waals surface area (Å²) in [5, 5.41) is 3.32. The number of nitrogens with zero attached hydrogens (tertiary/aromatic N) is 3. The average Bonchev–Trinajstić information content (AvgIpc) is 3.41. The molecule has 0 heterocycles. The lowest BCUT2D eigenvalue weighted by atomic mass is 9.96. The fourth-order valence-corrected chi connectivity index (χ4v) is 3.13. The Bertz CT molecular complexity index is 583. The Kier molecular flexibility index (Phi) is 9.39. The van der Waals surface area contributed by atoms with Gasteiger partial charge in [-0.15, -0.1) is 24.0 Å². The minimum atomic E-state index is 0. The van der Waals surface area contributed by atoms with Crippen molar-refractivity contribution in [2.45, 2.75) is 39.0 Å². The minimum Gasteiger partial charge on any atom is -0.357 e. The first-order valence-electron chi connectivity index (χ1n) is 9.39. The van der Waals surface area contributed by atoms with Gasteiger partial charge in [0.1, 0.15) is 0 Å². The van der Waals surface area contributed by atoms with Gasteiger partial charge >= 0.3 is 0 Å². The molecule has 5 nitrogen and oxygen atoms in total. The van der Waals surface area contributed by atoms with Gasteiger partial charge in [0.2, 0.25) is 5.91 Å². The number of guanidine groups is 1.